The molecule has 27 heavy (non-hydrogen) atoms. The van der Waals surface area contributed by atoms with E-state index < -0.39 is 0 Å². The van der Waals surface area contributed by atoms with E-state index in [0.717, 1.165) is 6.67 Å². The molecule has 2 aliphatic rings. The van der Waals surface area contributed by atoms with E-state index in [1.807, 2.05) is 0 Å². The van der Waals surface area contributed by atoms with Crippen LogP contribution in [0.3, 0.4) is 0 Å². The Labute approximate surface area is 167 Å². The standard InChI is InChI=1S/C24H41N3/c1-23(2,3)13-16-27-17-14-24(15-18-27)12-11-22(26(6)19-25(4)5)20-9-7-8-10-21(20)24/h7-10,22H,11-19H2,1-6H3/t22-/m0/s1. The van der Waals surface area contributed by atoms with Crippen molar-refractivity contribution in [3.63, 3.8) is 0 Å². The number of nitrogens with zero attached hydrogens (tertiary/aromatic N) is 3. The molecule has 1 heterocycles. The van der Waals surface area contributed by atoms with Gasteiger partial charge in [0, 0.05) is 6.04 Å². The van der Waals surface area contributed by atoms with E-state index in [1.54, 1.807) is 11.1 Å². The van der Waals surface area contributed by atoms with E-state index in [9.17, 15) is 0 Å². The van der Waals surface area contributed by atoms with Gasteiger partial charge in [0.25, 0.3) is 0 Å². The van der Waals surface area contributed by atoms with Crippen LogP contribution < -0.4 is 0 Å². The summed E-state index contributed by atoms with van der Waals surface area (Å²) in [6.45, 7) is 11.9. The molecule has 0 saturated carbocycles. The third-order valence-electron chi connectivity index (χ3n) is 6.82. The number of benzene rings is 1. The quantitative estimate of drug-likeness (QED) is 0.692. The molecular formula is C24H41N3. The lowest BCUT2D eigenvalue weighted by molar-refractivity contribution is 0.0974. The second-order valence-corrected chi connectivity index (χ2v) is 10.6. The Balaban J connectivity index is 1.72. The summed E-state index contributed by atoms with van der Waals surface area (Å²) in [6.07, 6.45) is 6.60. The molecule has 1 aliphatic carbocycles. The number of fused-ring (bicyclic) bond motifs is 2. The topological polar surface area (TPSA) is 9.72 Å². The molecular weight excluding hydrogens is 330 g/mol. The first-order chi connectivity index (χ1) is 12.7. The van der Waals surface area contributed by atoms with Crippen LogP contribution in [0.4, 0.5) is 0 Å². The van der Waals surface area contributed by atoms with Crippen LogP contribution in [0.1, 0.15) is 70.0 Å². The Morgan fingerprint density at radius 1 is 1.04 bits per heavy atom. The Hall–Kier alpha value is -0.900. The van der Waals surface area contributed by atoms with Gasteiger partial charge in [-0.2, -0.15) is 0 Å². The normalized spacial score (nSPS) is 23.2. The van der Waals surface area contributed by atoms with Crippen LogP contribution in [0.15, 0.2) is 24.3 Å². The monoisotopic (exact) mass is 371 g/mol. The van der Waals surface area contributed by atoms with Crippen molar-refractivity contribution in [3.05, 3.63) is 35.4 Å². The lowest BCUT2D eigenvalue weighted by Gasteiger charge is -2.49. The Bertz CT molecular complexity index is 608. The molecule has 1 aromatic carbocycles. The number of hydrogen-bond acceptors (Lipinski definition) is 3. The minimum atomic E-state index is 0.421. The second-order valence-electron chi connectivity index (χ2n) is 10.6. The van der Waals surface area contributed by atoms with Crippen LogP contribution >= 0.6 is 0 Å². The molecule has 0 radical (unpaired) electrons. The Morgan fingerprint density at radius 3 is 2.33 bits per heavy atom. The number of piperidine rings is 1. The van der Waals surface area contributed by atoms with Crippen molar-refractivity contribution in [2.45, 2.75) is 64.3 Å². The maximum atomic E-state index is 2.71. The van der Waals surface area contributed by atoms with Crippen molar-refractivity contribution in [2.24, 2.45) is 5.41 Å². The molecule has 1 aliphatic heterocycles. The van der Waals surface area contributed by atoms with Crippen LogP contribution in [0.2, 0.25) is 0 Å². The first kappa shape index (κ1) is 20.8. The van der Waals surface area contributed by atoms with E-state index in [0.29, 0.717) is 16.9 Å². The highest BCUT2D eigenvalue weighted by molar-refractivity contribution is 5.39. The van der Waals surface area contributed by atoms with Crippen molar-refractivity contribution < 1.29 is 0 Å². The highest BCUT2D eigenvalue weighted by atomic mass is 15.3. The Kier molecular flexibility index (Phi) is 6.34. The van der Waals surface area contributed by atoms with Gasteiger partial charge >= 0.3 is 0 Å². The summed E-state index contributed by atoms with van der Waals surface area (Å²) < 4.78 is 0. The number of likely N-dealkylation sites (tertiary alicyclic amines) is 1. The fourth-order valence-electron chi connectivity index (χ4n) is 5.19. The zero-order valence-electron chi connectivity index (χ0n) is 18.6. The van der Waals surface area contributed by atoms with Crippen molar-refractivity contribution in [2.75, 3.05) is 47.4 Å². The summed E-state index contributed by atoms with van der Waals surface area (Å²) in [5, 5.41) is 0. The van der Waals surface area contributed by atoms with Gasteiger partial charge in [-0.15, -0.1) is 0 Å². The van der Waals surface area contributed by atoms with Gasteiger partial charge in [0.15, 0.2) is 0 Å². The molecule has 1 aromatic rings. The zero-order valence-corrected chi connectivity index (χ0v) is 18.6. The number of rotatable bonds is 5. The maximum Gasteiger partial charge on any atom is 0.0503 e. The molecule has 1 fully saturated rings. The highest BCUT2D eigenvalue weighted by Crippen LogP contribution is 2.49. The summed E-state index contributed by atoms with van der Waals surface area (Å²) in [6, 6.07) is 9.91. The summed E-state index contributed by atoms with van der Waals surface area (Å²) in [5.41, 5.74) is 4.11. The molecule has 1 atom stereocenters. The van der Waals surface area contributed by atoms with Crippen LogP contribution in [0, 0.1) is 5.41 Å². The van der Waals surface area contributed by atoms with E-state index >= 15 is 0 Å². The molecule has 0 N–H and O–H groups in total. The van der Waals surface area contributed by atoms with Gasteiger partial charge < -0.3 is 4.90 Å². The first-order valence-corrected chi connectivity index (χ1v) is 10.9. The third kappa shape index (κ3) is 4.93. The molecule has 0 bridgehead atoms. The van der Waals surface area contributed by atoms with Crippen molar-refractivity contribution in [1.82, 2.24) is 14.7 Å². The van der Waals surface area contributed by atoms with Gasteiger partial charge in [-0.25, -0.2) is 0 Å². The molecule has 3 nitrogen and oxygen atoms in total. The fraction of sp³-hybridized carbons (Fsp3) is 0.750. The third-order valence-corrected chi connectivity index (χ3v) is 6.82. The minimum absolute atomic E-state index is 0.421. The van der Waals surface area contributed by atoms with Gasteiger partial charge in [-0.3, -0.25) is 9.80 Å². The van der Waals surface area contributed by atoms with Crippen LogP contribution in [-0.4, -0.2) is 62.1 Å². The van der Waals surface area contributed by atoms with E-state index in [2.05, 4.69) is 80.9 Å². The molecule has 3 rings (SSSR count). The van der Waals surface area contributed by atoms with Crippen LogP contribution in [-0.2, 0) is 5.41 Å². The predicted octanol–water partition coefficient (Wildman–Crippen LogP) is 4.74. The van der Waals surface area contributed by atoms with E-state index in [-0.39, 0.29) is 0 Å². The zero-order chi connectivity index (χ0) is 19.7. The van der Waals surface area contributed by atoms with Crippen molar-refractivity contribution >= 4 is 0 Å². The second kappa shape index (κ2) is 8.23. The molecule has 1 spiro atoms. The van der Waals surface area contributed by atoms with E-state index in [4.69, 9.17) is 0 Å². The van der Waals surface area contributed by atoms with Gasteiger partial charge in [0.05, 0.1) is 6.67 Å². The van der Waals surface area contributed by atoms with Gasteiger partial charge in [-0.05, 0) is 94.8 Å². The molecule has 0 amide bonds. The molecule has 152 valence electrons. The summed E-state index contributed by atoms with van der Waals surface area (Å²) >= 11 is 0. The van der Waals surface area contributed by atoms with Crippen LogP contribution in [0.25, 0.3) is 0 Å². The summed E-state index contributed by atoms with van der Waals surface area (Å²) in [4.78, 5) is 7.52. The highest BCUT2D eigenvalue weighted by Gasteiger charge is 2.42. The average Bonchev–Trinajstić information content (AvgIpc) is 2.60. The lowest BCUT2D eigenvalue weighted by Crippen LogP contribution is -2.47. The first-order valence-electron chi connectivity index (χ1n) is 10.9. The summed E-state index contributed by atoms with van der Waals surface area (Å²) in [5.74, 6) is 0. The smallest absolute Gasteiger partial charge is 0.0503 e. The van der Waals surface area contributed by atoms with Crippen molar-refractivity contribution in [3.8, 4) is 0 Å². The van der Waals surface area contributed by atoms with Gasteiger partial charge in [-0.1, -0.05) is 45.0 Å². The average molecular weight is 372 g/mol. The molecule has 0 aromatic heterocycles. The predicted molar refractivity (Wildman–Crippen MR) is 116 cm³/mol. The number of hydrogen-bond donors (Lipinski definition) is 0. The summed E-state index contributed by atoms with van der Waals surface area (Å²) in [7, 11) is 6.62. The SMILES string of the molecule is CN(C)CN(C)[C@H]1CCC2(CCN(CCC(C)(C)C)CC2)c2ccccc21. The largest absolute Gasteiger partial charge is 0.303 e. The molecule has 0 unspecified atom stereocenters. The van der Waals surface area contributed by atoms with Crippen molar-refractivity contribution in [1.29, 1.82) is 0 Å². The maximum absolute atomic E-state index is 2.71. The molecule has 1 saturated heterocycles. The minimum Gasteiger partial charge on any atom is -0.303 e. The molecule has 3 heteroatoms. The van der Waals surface area contributed by atoms with Gasteiger partial charge in [0.2, 0.25) is 0 Å². The lowest BCUT2D eigenvalue weighted by atomic mass is 9.63. The fourth-order valence-corrected chi connectivity index (χ4v) is 5.19. The van der Waals surface area contributed by atoms with Crippen LogP contribution in [0.5, 0.6) is 0 Å². The van der Waals surface area contributed by atoms with E-state index in [1.165, 1.54) is 51.7 Å². The van der Waals surface area contributed by atoms with Gasteiger partial charge in [0.1, 0.15) is 0 Å². The Morgan fingerprint density at radius 2 is 1.70 bits per heavy atom.